The maximum absolute atomic E-state index is 11.6. The van der Waals surface area contributed by atoms with E-state index in [-0.39, 0.29) is 12.5 Å². The summed E-state index contributed by atoms with van der Waals surface area (Å²) >= 11 is 0. The van der Waals surface area contributed by atoms with Crippen LogP contribution in [0.25, 0.3) is 0 Å². The number of hydrogen-bond acceptors (Lipinski definition) is 4. The summed E-state index contributed by atoms with van der Waals surface area (Å²) in [5.41, 5.74) is 6.73. The van der Waals surface area contributed by atoms with Crippen LogP contribution in [0.2, 0.25) is 0 Å². The number of rotatable bonds is 4. The monoisotopic (exact) mass is 222 g/mol. The maximum atomic E-state index is 11.6. The Morgan fingerprint density at radius 3 is 2.75 bits per heavy atom. The quantitative estimate of drug-likeness (QED) is 0.774. The number of carbonyl (C=O) groups excluding carboxylic acids is 1. The number of pyridine rings is 1. The third kappa shape index (κ3) is 2.79. The van der Waals surface area contributed by atoms with Crippen molar-refractivity contribution in [2.45, 2.75) is 20.3 Å². The van der Waals surface area contributed by atoms with E-state index in [1.165, 1.54) is 7.11 Å². The summed E-state index contributed by atoms with van der Waals surface area (Å²) in [4.78, 5) is 16.0. The number of hydrogen-bond donors (Lipinski definition) is 1. The van der Waals surface area contributed by atoms with E-state index in [4.69, 9.17) is 10.5 Å². The van der Waals surface area contributed by atoms with Crippen molar-refractivity contribution in [2.24, 2.45) is 11.1 Å². The molecule has 0 saturated carbocycles. The van der Waals surface area contributed by atoms with Crippen LogP contribution in [0.3, 0.4) is 0 Å². The summed E-state index contributed by atoms with van der Waals surface area (Å²) in [6, 6.07) is 5.73. The minimum Gasteiger partial charge on any atom is -0.469 e. The second-order valence-electron chi connectivity index (χ2n) is 4.20. The Morgan fingerprint density at radius 2 is 2.25 bits per heavy atom. The molecule has 0 spiro atoms. The normalized spacial score (nSPS) is 14.2. The molecule has 1 heterocycles. The van der Waals surface area contributed by atoms with E-state index in [2.05, 4.69) is 4.98 Å². The molecule has 0 amide bonds. The summed E-state index contributed by atoms with van der Waals surface area (Å²) in [5.74, 6) is -0.293. The van der Waals surface area contributed by atoms with Crippen LogP contribution in [0.15, 0.2) is 18.2 Å². The minimum absolute atomic E-state index is 0.245. The van der Waals surface area contributed by atoms with Gasteiger partial charge >= 0.3 is 5.97 Å². The Morgan fingerprint density at radius 1 is 1.56 bits per heavy atom. The van der Waals surface area contributed by atoms with Crippen molar-refractivity contribution in [1.82, 2.24) is 4.98 Å². The topological polar surface area (TPSA) is 65.2 Å². The molecule has 1 rings (SSSR count). The lowest BCUT2D eigenvalue weighted by atomic mass is 9.85. The average molecular weight is 222 g/mol. The number of aryl methyl sites for hydroxylation is 1. The molecule has 0 aliphatic heterocycles. The first-order valence-electron chi connectivity index (χ1n) is 5.23. The van der Waals surface area contributed by atoms with Gasteiger partial charge in [-0.1, -0.05) is 6.07 Å². The van der Waals surface area contributed by atoms with Gasteiger partial charge in [0.2, 0.25) is 0 Å². The van der Waals surface area contributed by atoms with Crippen LogP contribution in [-0.2, 0) is 16.0 Å². The molecule has 1 aromatic rings. The molecule has 4 nitrogen and oxygen atoms in total. The van der Waals surface area contributed by atoms with Crippen molar-refractivity contribution in [2.75, 3.05) is 13.7 Å². The van der Waals surface area contributed by atoms with E-state index < -0.39 is 5.41 Å². The SMILES string of the molecule is COC(=O)C(C)(CN)Cc1cccc(C)n1. The van der Waals surface area contributed by atoms with Crippen LogP contribution in [0, 0.1) is 12.3 Å². The average Bonchev–Trinajstić information content (AvgIpc) is 2.27. The number of esters is 1. The van der Waals surface area contributed by atoms with E-state index in [1.807, 2.05) is 25.1 Å². The van der Waals surface area contributed by atoms with Crippen LogP contribution in [0.4, 0.5) is 0 Å². The fraction of sp³-hybridized carbons (Fsp3) is 0.500. The van der Waals surface area contributed by atoms with Crippen LogP contribution in [0.1, 0.15) is 18.3 Å². The maximum Gasteiger partial charge on any atom is 0.313 e. The fourth-order valence-corrected chi connectivity index (χ4v) is 1.57. The van der Waals surface area contributed by atoms with Gasteiger partial charge in [-0.2, -0.15) is 0 Å². The molecule has 0 aromatic carbocycles. The Labute approximate surface area is 95.8 Å². The van der Waals surface area contributed by atoms with Gasteiger partial charge in [0.15, 0.2) is 0 Å². The van der Waals surface area contributed by atoms with E-state index in [9.17, 15) is 4.79 Å². The van der Waals surface area contributed by atoms with Crippen molar-refractivity contribution >= 4 is 5.97 Å². The van der Waals surface area contributed by atoms with E-state index in [0.717, 1.165) is 11.4 Å². The first-order chi connectivity index (χ1) is 7.51. The number of aromatic nitrogens is 1. The molecule has 88 valence electrons. The molecule has 1 aromatic heterocycles. The fourth-order valence-electron chi connectivity index (χ4n) is 1.57. The molecule has 2 N–H and O–H groups in total. The smallest absolute Gasteiger partial charge is 0.313 e. The zero-order chi connectivity index (χ0) is 12.2. The summed E-state index contributed by atoms with van der Waals surface area (Å²) in [7, 11) is 1.37. The number of carbonyl (C=O) groups is 1. The summed E-state index contributed by atoms with van der Waals surface area (Å²) < 4.78 is 4.76. The highest BCUT2D eigenvalue weighted by Gasteiger charge is 2.33. The Bertz CT molecular complexity index is 379. The molecule has 1 atom stereocenters. The third-order valence-electron chi connectivity index (χ3n) is 2.65. The van der Waals surface area contributed by atoms with Crippen molar-refractivity contribution < 1.29 is 9.53 Å². The predicted molar refractivity (Wildman–Crippen MR) is 61.9 cm³/mol. The van der Waals surface area contributed by atoms with Gasteiger partial charge in [0.1, 0.15) is 0 Å². The molecule has 0 bridgehead atoms. The van der Waals surface area contributed by atoms with Crippen LogP contribution >= 0.6 is 0 Å². The van der Waals surface area contributed by atoms with Gasteiger partial charge in [-0.3, -0.25) is 9.78 Å². The largest absolute Gasteiger partial charge is 0.469 e. The van der Waals surface area contributed by atoms with Crippen molar-refractivity contribution in [3.8, 4) is 0 Å². The molecule has 0 fully saturated rings. The molecule has 16 heavy (non-hydrogen) atoms. The van der Waals surface area contributed by atoms with Crippen LogP contribution in [-0.4, -0.2) is 24.6 Å². The summed E-state index contributed by atoms with van der Waals surface area (Å²) in [5, 5.41) is 0. The minimum atomic E-state index is -0.699. The Kier molecular flexibility index (Phi) is 4.01. The van der Waals surface area contributed by atoms with E-state index in [0.29, 0.717) is 6.42 Å². The number of nitrogens with two attached hydrogens (primary N) is 1. The second-order valence-corrected chi connectivity index (χ2v) is 4.20. The molecule has 0 radical (unpaired) electrons. The molecule has 4 heteroatoms. The second kappa shape index (κ2) is 5.07. The lowest BCUT2D eigenvalue weighted by molar-refractivity contribution is -0.151. The van der Waals surface area contributed by atoms with Crippen LogP contribution in [0.5, 0.6) is 0 Å². The summed E-state index contributed by atoms with van der Waals surface area (Å²) in [6.07, 6.45) is 0.498. The Balaban J connectivity index is 2.89. The van der Waals surface area contributed by atoms with E-state index in [1.54, 1.807) is 6.92 Å². The Hall–Kier alpha value is -1.42. The zero-order valence-corrected chi connectivity index (χ0v) is 9.99. The van der Waals surface area contributed by atoms with Crippen molar-refractivity contribution in [3.05, 3.63) is 29.6 Å². The lowest BCUT2D eigenvalue weighted by Crippen LogP contribution is -2.39. The molecular formula is C12H18N2O2. The van der Waals surface area contributed by atoms with Gasteiger partial charge in [-0.05, 0) is 26.0 Å². The molecule has 0 aliphatic carbocycles. The zero-order valence-electron chi connectivity index (χ0n) is 9.99. The van der Waals surface area contributed by atoms with Gasteiger partial charge < -0.3 is 10.5 Å². The van der Waals surface area contributed by atoms with E-state index >= 15 is 0 Å². The van der Waals surface area contributed by atoms with Gasteiger partial charge in [0.25, 0.3) is 0 Å². The number of ether oxygens (including phenoxy) is 1. The highest BCUT2D eigenvalue weighted by molar-refractivity contribution is 5.76. The summed E-state index contributed by atoms with van der Waals surface area (Å²) in [6.45, 7) is 3.96. The molecule has 0 saturated heterocycles. The van der Waals surface area contributed by atoms with Crippen molar-refractivity contribution in [3.63, 3.8) is 0 Å². The van der Waals surface area contributed by atoms with Gasteiger partial charge in [-0.15, -0.1) is 0 Å². The number of nitrogens with zero attached hydrogens (tertiary/aromatic N) is 1. The standard InChI is InChI=1S/C12H18N2O2/c1-9-5-4-6-10(14-9)7-12(2,8-13)11(15)16-3/h4-6H,7-8,13H2,1-3H3. The van der Waals surface area contributed by atoms with Crippen LogP contribution < -0.4 is 5.73 Å². The first kappa shape index (κ1) is 12.6. The molecule has 1 unspecified atom stereocenters. The van der Waals surface area contributed by atoms with Gasteiger partial charge in [-0.25, -0.2) is 0 Å². The first-order valence-corrected chi connectivity index (χ1v) is 5.23. The van der Waals surface area contributed by atoms with Gasteiger partial charge in [0, 0.05) is 24.4 Å². The third-order valence-corrected chi connectivity index (χ3v) is 2.65. The molecular weight excluding hydrogens is 204 g/mol. The lowest BCUT2D eigenvalue weighted by Gasteiger charge is -2.24. The predicted octanol–water partition coefficient (Wildman–Crippen LogP) is 1.07. The highest BCUT2D eigenvalue weighted by atomic mass is 16.5. The van der Waals surface area contributed by atoms with Gasteiger partial charge in [0.05, 0.1) is 12.5 Å². The van der Waals surface area contributed by atoms with Crippen molar-refractivity contribution in [1.29, 1.82) is 0 Å². The highest BCUT2D eigenvalue weighted by Crippen LogP contribution is 2.22. The number of methoxy groups -OCH3 is 1. The molecule has 0 aliphatic rings.